The van der Waals surface area contributed by atoms with Crippen molar-refractivity contribution in [3.8, 4) is 0 Å². The van der Waals surface area contributed by atoms with Crippen LogP contribution >= 0.6 is 0 Å². The summed E-state index contributed by atoms with van der Waals surface area (Å²) < 4.78 is 0. The van der Waals surface area contributed by atoms with E-state index in [-0.39, 0.29) is 31.3 Å². The van der Waals surface area contributed by atoms with Gasteiger partial charge in [0.1, 0.15) is 6.04 Å². The highest BCUT2D eigenvalue weighted by Gasteiger charge is 2.25. The van der Waals surface area contributed by atoms with Crippen molar-refractivity contribution in [2.24, 2.45) is 0 Å². The number of nitrogens with one attached hydrogen (secondary N) is 1. The van der Waals surface area contributed by atoms with E-state index in [0.717, 1.165) is 17.5 Å². The van der Waals surface area contributed by atoms with E-state index in [1.165, 1.54) is 18.7 Å². The average Bonchev–Trinajstić information content (AvgIpc) is 2.51. The Hall–Kier alpha value is -2.37. The van der Waals surface area contributed by atoms with Gasteiger partial charge in [0, 0.05) is 20.0 Å². The first kappa shape index (κ1) is 18.7. The summed E-state index contributed by atoms with van der Waals surface area (Å²) in [5.41, 5.74) is 1.98. The largest absolute Gasteiger partial charge is 0.480 e. The zero-order chi connectivity index (χ0) is 17.4. The Morgan fingerprint density at radius 3 is 2.35 bits per heavy atom. The van der Waals surface area contributed by atoms with E-state index >= 15 is 0 Å². The number of carbonyl (C=O) groups excluding carboxylic acids is 2. The summed E-state index contributed by atoms with van der Waals surface area (Å²) in [5, 5.41) is 11.8. The van der Waals surface area contributed by atoms with Gasteiger partial charge in [0.05, 0.1) is 6.42 Å². The second-order valence-electron chi connectivity index (χ2n) is 5.38. The van der Waals surface area contributed by atoms with Crippen molar-refractivity contribution in [2.45, 2.75) is 39.7 Å². The van der Waals surface area contributed by atoms with Gasteiger partial charge in [0.15, 0.2) is 0 Å². The van der Waals surface area contributed by atoms with Gasteiger partial charge in [-0.1, -0.05) is 31.2 Å². The van der Waals surface area contributed by atoms with Crippen LogP contribution < -0.4 is 5.32 Å². The summed E-state index contributed by atoms with van der Waals surface area (Å²) in [5.74, 6) is -1.53. The van der Waals surface area contributed by atoms with Gasteiger partial charge < -0.3 is 15.3 Å². The van der Waals surface area contributed by atoms with Gasteiger partial charge in [0.25, 0.3) is 0 Å². The summed E-state index contributed by atoms with van der Waals surface area (Å²) in [6.07, 6.45) is 0.964. The van der Waals surface area contributed by atoms with E-state index in [1.54, 1.807) is 0 Å². The lowest BCUT2D eigenvalue weighted by Crippen LogP contribution is -2.47. The molecule has 2 N–H and O–H groups in total. The van der Waals surface area contributed by atoms with Crippen LogP contribution in [0.4, 0.5) is 0 Å². The van der Waals surface area contributed by atoms with Crippen LogP contribution in [0.15, 0.2) is 24.3 Å². The molecule has 1 rings (SSSR count). The number of rotatable bonds is 8. The van der Waals surface area contributed by atoms with Gasteiger partial charge in [-0.05, 0) is 24.5 Å². The molecule has 0 saturated heterocycles. The minimum Gasteiger partial charge on any atom is -0.480 e. The monoisotopic (exact) mass is 320 g/mol. The first-order chi connectivity index (χ1) is 10.9. The molecule has 0 aliphatic rings. The molecule has 1 aromatic carbocycles. The Bertz CT molecular complexity index is 571. The summed E-state index contributed by atoms with van der Waals surface area (Å²) in [6, 6.07) is 6.69. The Kier molecular flexibility index (Phi) is 7.25. The molecule has 0 aromatic heterocycles. The van der Waals surface area contributed by atoms with Gasteiger partial charge in [0.2, 0.25) is 11.8 Å². The molecule has 0 aliphatic heterocycles. The van der Waals surface area contributed by atoms with Crippen LogP contribution in [-0.2, 0) is 27.2 Å². The van der Waals surface area contributed by atoms with Crippen molar-refractivity contribution in [3.05, 3.63) is 35.4 Å². The van der Waals surface area contributed by atoms with Crippen molar-refractivity contribution in [2.75, 3.05) is 13.1 Å². The molecule has 0 bridgehead atoms. The maximum Gasteiger partial charge on any atom is 0.326 e. The molecular weight excluding hydrogens is 296 g/mol. The molecule has 6 nitrogen and oxygen atoms in total. The molecule has 1 aromatic rings. The quantitative estimate of drug-likeness (QED) is 0.754. The first-order valence-corrected chi connectivity index (χ1v) is 7.70. The molecule has 126 valence electrons. The Morgan fingerprint density at radius 1 is 1.22 bits per heavy atom. The number of aliphatic carboxylic acids is 1. The fourth-order valence-electron chi connectivity index (χ4n) is 2.36. The maximum atomic E-state index is 12.6. The van der Waals surface area contributed by atoms with E-state index < -0.39 is 12.0 Å². The van der Waals surface area contributed by atoms with Gasteiger partial charge >= 0.3 is 5.97 Å². The van der Waals surface area contributed by atoms with Crippen LogP contribution in [0.2, 0.25) is 0 Å². The summed E-state index contributed by atoms with van der Waals surface area (Å²) >= 11 is 0. The van der Waals surface area contributed by atoms with Crippen LogP contribution in [-0.4, -0.2) is 46.9 Å². The second-order valence-corrected chi connectivity index (χ2v) is 5.38. The molecule has 1 unspecified atom stereocenters. The number of benzene rings is 1. The number of carboxylic acids is 1. The van der Waals surface area contributed by atoms with Crippen molar-refractivity contribution < 1.29 is 19.5 Å². The van der Waals surface area contributed by atoms with Crippen LogP contribution in [0, 0.1) is 0 Å². The predicted octanol–water partition coefficient (Wildman–Crippen LogP) is 1.23. The molecule has 0 aliphatic carbocycles. The normalized spacial score (nSPS) is 11.6. The number of hydrogen-bond acceptors (Lipinski definition) is 3. The molecular formula is C17H24N2O4. The maximum absolute atomic E-state index is 12.6. The molecule has 0 heterocycles. The summed E-state index contributed by atoms with van der Waals surface area (Å²) in [6.45, 7) is 5.26. The molecule has 0 saturated carbocycles. The second kappa shape index (κ2) is 8.92. The van der Waals surface area contributed by atoms with Crippen LogP contribution in [0.3, 0.4) is 0 Å². The number of nitrogens with zero attached hydrogens (tertiary/aromatic N) is 1. The summed E-state index contributed by atoms with van der Waals surface area (Å²) in [7, 11) is 0. The SMILES string of the molecule is CCc1ccccc1CC(=O)N(CCNC(C)=O)C(C)C(=O)O. The van der Waals surface area contributed by atoms with Crippen LogP contribution in [0.5, 0.6) is 0 Å². The molecule has 0 spiro atoms. The minimum absolute atomic E-state index is 0.154. The molecule has 23 heavy (non-hydrogen) atoms. The number of hydrogen-bond donors (Lipinski definition) is 2. The lowest BCUT2D eigenvalue weighted by molar-refractivity contribution is -0.149. The number of carboxylic acid groups (broad SMARTS) is 1. The van der Waals surface area contributed by atoms with E-state index in [4.69, 9.17) is 0 Å². The van der Waals surface area contributed by atoms with Crippen LogP contribution in [0.25, 0.3) is 0 Å². The molecule has 2 amide bonds. The van der Waals surface area contributed by atoms with Crippen molar-refractivity contribution in [1.29, 1.82) is 0 Å². The lowest BCUT2D eigenvalue weighted by atomic mass is 10.0. The number of amides is 2. The standard InChI is InChI=1S/C17H24N2O4/c1-4-14-7-5-6-8-15(14)11-16(21)19(12(2)17(22)23)10-9-18-13(3)20/h5-8,12H,4,9-11H2,1-3H3,(H,18,20)(H,22,23). The highest BCUT2D eigenvalue weighted by molar-refractivity contribution is 5.85. The van der Waals surface area contributed by atoms with E-state index in [1.807, 2.05) is 31.2 Å². The number of carbonyl (C=O) groups is 3. The minimum atomic E-state index is -1.06. The smallest absolute Gasteiger partial charge is 0.326 e. The van der Waals surface area contributed by atoms with E-state index in [2.05, 4.69) is 5.32 Å². The highest BCUT2D eigenvalue weighted by Crippen LogP contribution is 2.13. The number of aryl methyl sites for hydroxylation is 1. The van der Waals surface area contributed by atoms with Gasteiger partial charge in [-0.25, -0.2) is 4.79 Å². The topological polar surface area (TPSA) is 86.7 Å². The lowest BCUT2D eigenvalue weighted by Gasteiger charge is -2.27. The van der Waals surface area contributed by atoms with Crippen molar-refractivity contribution in [1.82, 2.24) is 10.2 Å². The zero-order valence-corrected chi connectivity index (χ0v) is 13.8. The van der Waals surface area contributed by atoms with Gasteiger partial charge in [-0.3, -0.25) is 9.59 Å². The third-order valence-electron chi connectivity index (χ3n) is 3.71. The summed E-state index contributed by atoms with van der Waals surface area (Å²) in [4.78, 5) is 36.0. The van der Waals surface area contributed by atoms with Crippen LogP contribution in [0.1, 0.15) is 31.9 Å². The van der Waals surface area contributed by atoms with Crippen molar-refractivity contribution >= 4 is 17.8 Å². The van der Waals surface area contributed by atoms with Gasteiger partial charge in [-0.15, -0.1) is 0 Å². The third kappa shape index (κ3) is 5.73. The Balaban J connectivity index is 2.85. The molecule has 0 fully saturated rings. The molecule has 0 radical (unpaired) electrons. The average molecular weight is 320 g/mol. The van der Waals surface area contributed by atoms with Crippen molar-refractivity contribution in [3.63, 3.8) is 0 Å². The highest BCUT2D eigenvalue weighted by atomic mass is 16.4. The Labute approximate surface area is 136 Å². The van der Waals surface area contributed by atoms with Gasteiger partial charge in [-0.2, -0.15) is 0 Å². The predicted molar refractivity (Wildman–Crippen MR) is 87.0 cm³/mol. The molecule has 1 atom stereocenters. The fraction of sp³-hybridized carbons (Fsp3) is 0.471. The Morgan fingerprint density at radius 2 is 1.83 bits per heavy atom. The van der Waals surface area contributed by atoms with E-state index in [0.29, 0.717) is 0 Å². The fourth-order valence-corrected chi connectivity index (χ4v) is 2.36. The molecule has 6 heteroatoms. The van der Waals surface area contributed by atoms with E-state index in [9.17, 15) is 19.5 Å². The third-order valence-corrected chi connectivity index (χ3v) is 3.71. The zero-order valence-electron chi connectivity index (χ0n) is 13.8. The first-order valence-electron chi connectivity index (χ1n) is 7.70.